The van der Waals surface area contributed by atoms with Crippen molar-refractivity contribution in [1.82, 2.24) is 10.2 Å². The summed E-state index contributed by atoms with van der Waals surface area (Å²) in [6, 6.07) is 3.39. The first-order valence-corrected chi connectivity index (χ1v) is 4.97. The van der Waals surface area contributed by atoms with Gasteiger partial charge in [0.05, 0.1) is 0 Å². The van der Waals surface area contributed by atoms with Crippen molar-refractivity contribution in [3.8, 4) is 0 Å². The fourth-order valence-corrected chi connectivity index (χ4v) is 1.33. The molecule has 0 aliphatic rings. The van der Waals surface area contributed by atoms with E-state index in [-0.39, 0.29) is 11.7 Å². The van der Waals surface area contributed by atoms with Crippen LogP contribution in [0.3, 0.4) is 0 Å². The third kappa shape index (κ3) is 1.84. The lowest BCUT2D eigenvalue weighted by Crippen LogP contribution is -2.11. The molecule has 0 spiro atoms. The second kappa shape index (κ2) is 3.84. The lowest BCUT2D eigenvalue weighted by Gasteiger charge is -1.99. The molecule has 2 rings (SSSR count). The summed E-state index contributed by atoms with van der Waals surface area (Å²) in [6.45, 7) is 5.58. The van der Waals surface area contributed by atoms with E-state index in [2.05, 4.69) is 15.5 Å². The number of aryl methyl sites for hydroxylation is 2. The molecule has 0 fully saturated rings. The Bertz CT molecular complexity index is 525. The number of carbonyl (C=O) groups excluding carboxylic acids is 1. The van der Waals surface area contributed by atoms with Gasteiger partial charge in [-0.25, -0.2) is 0 Å². The number of hydrogen-bond acceptors (Lipinski definition) is 3. The van der Waals surface area contributed by atoms with Gasteiger partial charge in [-0.1, -0.05) is 0 Å². The van der Waals surface area contributed by atoms with Crippen molar-refractivity contribution in [2.24, 2.45) is 0 Å². The van der Waals surface area contributed by atoms with E-state index in [0.29, 0.717) is 11.6 Å². The Kier molecular flexibility index (Phi) is 2.52. The summed E-state index contributed by atoms with van der Waals surface area (Å²) in [5, 5.41) is 9.48. The van der Waals surface area contributed by atoms with Crippen LogP contribution in [0.25, 0.3) is 0 Å². The van der Waals surface area contributed by atoms with Crippen molar-refractivity contribution < 1.29 is 9.21 Å². The Hall–Kier alpha value is -2.04. The van der Waals surface area contributed by atoms with Crippen LogP contribution in [-0.4, -0.2) is 16.1 Å². The third-order valence-electron chi connectivity index (χ3n) is 2.45. The fourth-order valence-electron chi connectivity index (χ4n) is 1.33. The molecule has 84 valence electrons. The van der Waals surface area contributed by atoms with Crippen molar-refractivity contribution in [3.63, 3.8) is 0 Å². The van der Waals surface area contributed by atoms with E-state index in [1.165, 1.54) is 0 Å². The first-order valence-electron chi connectivity index (χ1n) is 4.97. The Morgan fingerprint density at radius 3 is 2.62 bits per heavy atom. The van der Waals surface area contributed by atoms with Crippen molar-refractivity contribution in [2.45, 2.75) is 20.8 Å². The van der Waals surface area contributed by atoms with Gasteiger partial charge in [-0.2, -0.15) is 5.10 Å². The van der Waals surface area contributed by atoms with E-state index < -0.39 is 0 Å². The van der Waals surface area contributed by atoms with Crippen LogP contribution in [0.15, 0.2) is 16.5 Å². The topological polar surface area (TPSA) is 70.9 Å². The van der Waals surface area contributed by atoms with Crippen LogP contribution >= 0.6 is 0 Å². The molecule has 2 heterocycles. The Labute approximate surface area is 92.9 Å². The zero-order chi connectivity index (χ0) is 11.7. The predicted octanol–water partition coefficient (Wildman–Crippen LogP) is 2.18. The number of carbonyl (C=O) groups is 1. The third-order valence-corrected chi connectivity index (χ3v) is 2.45. The predicted molar refractivity (Wildman–Crippen MR) is 59.5 cm³/mol. The highest BCUT2D eigenvalue weighted by atomic mass is 16.3. The second-order valence-corrected chi connectivity index (χ2v) is 3.69. The number of nitrogens with zero attached hydrogens (tertiary/aromatic N) is 1. The number of nitrogens with one attached hydrogen (secondary N) is 2. The highest BCUT2D eigenvalue weighted by Gasteiger charge is 2.13. The number of furan rings is 1. The molecule has 5 nitrogen and oxygen atoms in total. The van der Waals surface area contributed by atoms with Crippen LogP contribution in [0.5, 0.6) is 0 Å². The first-order chi connectivity index (χ1) is 7.58. The minimum absolute atomic E-state index is 0.289. The summed E-state index contributed by atoms with van der Waals surface area (Å²) in [5.41, 5.74) is 1.86. The number of hydrogen-bond donors (Lipinski definition) is 2. The summed E-state index contributed by atoms with van der Waals surface area (Å²) in [4.78, 5) is 11.7. The Balaban J connectivity index is 2.17. The highest BCUT2D eigenvalue weighted by molar-refractivity contribution is 6.02. The summed E-state index contributed by atoms with van der Waals surface area (Å²) in [6.07, 6.45) is 0. The summed E-state index contributed by atoms with van der Waals surface area (Å²) < 4.78 is 5.21. The maximum Gasteiger partial charge on any atom is 0.292 e. The molecule has 1 amide bonds. The van der Waals surface area contributed by atoms with Crippen LogP contribution < -0.4 is 5.32 Å². The molecule has 2 aromatic rings. The first kappa shape index (κ1) is 10.5. The molecular weight excluding hydrogens is 206 g/mol. The van der Waals surface area contributed by atoms with Crippen LogP contribution in [0.4, 0.5) is 5.82 Å². The van der Waals surface area contributed by atoms with E-state index in [0.717, 1.165) is 11.3 Å². The van der Waals surface area contributed by atoms with Gasteiger partial charge in [-0.3, -0.25) is 9.89 Å². The number of aromatic nitrogens is 2. The van der Waals surface area contributed by atoms with Crippen LogP contribution in [0.1, 0.15) is 27.6 Å². The standard InChI is InChI=1S/C11H13N3O2/c1-6-4-5-9(16-6)11(15)12-10-7(2)8(3)13-14-10/h4-5H,1-3H3,(H2,12,13,14,15). The molecule has 0 aliphatic heterocycles. The molecule has 2 N–H and O–H groups in total. The SMILES string of the molecule is Cc1ccc(C(=O)Nc2n[nH]c(C)c2C)o1. The zero-order valence-corrected chi connectivity index (χ0v) is 9.42. The molecule has 16 heavy (non-hydrogen) atoms. The molecule has 0 aromatic carbocycles. The van der Waals surface area contributed by atoms with Gasteiger partial charge in [0.15, 0.2) is 11.6 Å². The minimum Gasteiger partial charge on any atom is -0.456 e. The number of rotatable bonds is 2. The molecule has 0 unspecified atom stereocenters. The molecule has 0 bridgehead atoms. The Morgan fingerprint density at radius 2 is 2.12 bits per heavy atom. The normalized spacial score (nSPS) is 10.4. The average molecular weight is 219 g/mol. The lowest BCUT2D eigenvalue weighted by atomic mass is 10.3. The highest BCUT2D eigenvalue weighted by Crippen LogP contribution is 2.15. The molecule has 2 aromatic heterocycles. The van der Waals surface area contributed by atoms with Gasteiger partial charge >= 0.3 is 0 Å². The van der Waals surface area contributed by atoms with Crippen molar-refractivity contribution in [1.29, 1.82) is 0 Å². The zero-order valence-electron chi connectivity index (χ0n) is 9.42. The van der Waals surface area contributed by atoms with E-state index >= 15 is 0 Å². The van der Waals surface area contributed by atoms with Gasteiger partial charge in [0.1, 0.15) is 5.76 Å². The van der Waals surface area contributed by atoms with Gasteiger partial charge in [0, 0.05) is 11.3 Å². The monoisotopic (exact) mass is 219 g/mol. The van der Waals surface area contributed by atoms with Crippen molar-refractivity contribution in [2.75, 3.05) is 5.32 Å². The van der Waals surface area contributed by atoms with Crippen molar-refractivity contribution >= 4 is 11.7 Å². The molecule has 5 heteroatoms. The van der Waals surface area contributed by atoms with Gasteiger partial charge in [-0.15, -0.1) is 0 Å². The largest absolute Gasteiger partial charge is 0.456 e. The summed E-state index contributed by atoms with van der Waals surface area (Å²) in [7, 11) is 0. The summed E-state index contributed by atoms with van der Waals surface area (Å²) >= 11 is 0. The molecule has 0 saturated carbocycles. The molecule has 0 aliphatic carbocycles. The van der Waals surface area contributed by atoms with Gasteiger partial charge in [0.2, 0.25) is 0 Å². The van der Waals surface area contributed by atoms with Crippen LogP contribution in [0, 0.1) is 20.8 Å². The fraction of sp³-hybridized carbons (Fsp3) is 0.273. The van der Waals surface area contributed by atoms with E-state index in [4.69, 9.17) is 4.42 Å². The van der Waals surface area contributed by atoms with Gasteiger partial charge in [0.25, 0.3) is 5.91 Å². The number of H-pyrrole nitrogens is 1. The second-order valence-electron chi connectivity index (χ2n) is 3.69. The minimum atomic E-state index is -0.289. The molecule has 0 atom stereocenters. The van der Waals surface area contributed by atoms with E-state index in [9.17, 15) is 4.79 Å². The maximum absolute atomic E-state index is 11.7. The maximum atomic E-state index is 11.7. The number of amides is 1. The van der Waals surface area contributed by atoms with Gasteiger partial charge < -0.3 is 9.73 Å². The molecule has 0 radical (unpaired) electrons. The summed E-state index contributed by atoms with van der Waals surface area (Å²) in [5.74, 6) is 1.25. The quantitative estimate of drug-likeness (QED) is 0.813. The molecular formula is C11H13N3O2. The molecule has 0 saturated heterocycles. The number of anilines is 1. The Morgan fingerprint density at radius 1 is 1.38 bits per heavy atom. The average Bonchev–Trinajstić information content (AvgIpc) is 2.79. The van der Waals surface area contributed by atoms with Crippen LogP contribution in [-0.2, 0) is 0 Å². The lowest BCUT2D eigenvalue weighted by molar-refractivity contribution is 0.0995. The van der Waals surface area contributed by atoms with E-state index in [1.54, 1.807) is 19.1 Å². The van der Waals surface area contributed by atoms with Gasteiger partial charge in [-0.05, 0) is 32.9 Å². The van der Waals surface area contributed by atoms with Crippen molar-refractivity contribution in [3.05, 3.63) is 34.9 Å². The number of aromatic amines is 1. The smallest absolute Gasteiger partial charge is 0.292 e. The van der Waals surface area contributed by atoms with E-state index in [1.807, 2.05) is 13.8 Å². The van der Waals surface area contributed by atoms with Crippen LogP contribution in [0.2, 0.25) is 0 Å².